The van der Waals surface area contributed by atoms with Gasteiger partial charge in [0.25, 0.3) is 0 Å². The summed E-state index contributed by atoms with van der Waals surface area (Å²) in [6.45, 7) is 2.78. The van der Waals surface area contributed by atoms with E-state index >= 15 is 0 Å². The SMILES string of the molecule is Cc1sc(C(=N)SC(=N)c2ccnc(-c3cc(C(=O)O)cc(-c4ncncn4)n3)c2)c2c1OCCO2. The first-order valence-corrected chi connectivity index (χ1v) is 12.1. The number of nitrogens with one attached hydrogen (secondary N) is 2. The lowest BCUT2D eigenvalue weighted by Crippen LogP contribution is -2.16. The zero-order valence-electron chi connectivity index (χ0n) is 18.7. The fourth-order valence-corrected chi connectivity index (χ4v) is 5.21. The van der Waals surface area contributed by atoms with Crippen molar-refractivity contribution in [3.63, 3.8) is 0 Å². The van der Waals surface area contributed by atoms with Crippen LogP contribution in [0.1, 0.15) is 25.7 Å². The molecule has 0 atom stereocenters. The van der Waals surface area contributed by atoms with Crippen LogP contribution in [0.5, 0.6) is 11.5 Å². The van der Waals surface area contributed by atoms with E-state index in [0.29, 0.717) is 40.8 Å². The van der Waals surface area contributed by atoms with Gasteiger partial charge in [0, 0.05) is 16.6 Å². The third-order valence-corrected chi connectivity index (χ3v) is 7.12. The maximum Gasteiger partial charge on any atom is 0.335 e. The number of aromatic carboxylic acids is 1. The fraction of sp³-hybridized carbons (Fsp3) is 0.130. The highest BCUT2D eigenvalue weighted by Gasteiger charge is 2.26. The summed E-state index contributed by atoms with van der Waals surface area (Å²) in [6.07, 6.45) is 4.11. The highest BCUT2D eigenvalue weighted by Crippen LogP contribution is 2.45. The van der Waals surface area contributed by atoms with Crippen LogP contribution in [0.4, 0.5) is 0 Å². The predicted octanol–water partition coefficient (Wildman–Crippen LogP) is 3.92. The Morgan fingerprint density at radius 3 is 2.42 bits per heavy atom. The van der Waals surface area contributed by atoms with Gasteiger partial charge in [0.05, 0.1) is 17.0 Å². The molecule has 180 valence electrons. The van der Waals surface area contributed by atoms with Crippen molar-refractivity contribution in [1.29, 1.82) is 10.8 Å². The maximum absolute atomic E-state index is 11.7. The topological polar surface area (TPSA) is 168 Å². The number of thioether (sulfide) groups is 1. The molecule has 13 heteroatoms. The van der Waals surface area contributed by atoms with Crippen LogP contribution in [0.15, 0.2) is 43.1 Å². The summed E-state index contributed by atoms with van der Waals surface area (Å²) in [5.41, 5.74) is 1.40. The average Bonchev–Trinajstić information content (AvgIpc) is 3.25. The Kier molecular flexibility index (Phi) is 6.40. The third-order valence-electron chi connectivity index (χ3n) is 5.05. The minimum absolute atomic E-state index is 0.00565. The second-order valence-corrected chi connectivity index (χ2v) is 9.67. The third kappa shape index (κ3) is 4.65. The van der Waals surface area contributed by atoms with Crippen LogP contribution in [0.2, 0.25) is 0 Å². The van der Waals surface area contributed by atoms with Crippen molar-refractivity contribution in [1.82, 2.24) is 24.9 Å². The summed E-state index contributed by atoms with van der Waals surface area (Å²) < 4.78 is 11.4. The molecule has 1 aliphatic rings. The van der Waals surface area contributed by atoms with Crippen LogP contribution >= 0.6 is 23.1 Å². The Morgan fingerprint density at radius 1 is 0.972 bits per heavy atom. The van der Waals surface area contributed by atoms with Gasteiger partial charge in [-0.3, -0.25) is 15.8 Å². The number of aromatic nitrogens is 5. The highest BCUT2D eigenvalue weighted by molar-refractivity contribution is 8.27. The first-order valence-electron chi connectivity index (χ1n) is 10.5. The zero-order valence-corrected chi connectivity index (χ0v) is 20.3. The number of nitrogens with zero attached hydrogens (tertiary/aromatic N) is 5. The molecule has 3 N–H and O–H groups in total. The largest absolute Gasteiger partial charge is 0.485 e. The summed E-state index contributed by atoms with van der Waals surface area (Å²) in [5, 5.41) is 27.0. The molecule has 0 aromatic carbocycles. The normalized spacial score (nSPS) is 12.2. The number of carbonyl (C=O) groups is 1. The number of rotatable bonds is 5. The fourth-order valence-electron chi connectivity index (χ4n) is 3.43. The van der Waals surface area contributed by atoms with Crippen molar-refractivity contribution in [3.05, 3.63) is 64.0 Å². The van der Waals surface area contributed by atoms with Crippen molar-refractivity contribution < 1.29 is 19.4 Å². The molecule has 4 aromatic rings. The lowest BCUT2D eigenvalue weighted by atomic mass is 10.1. The van der Waals surface area contributed by atoms with Crippen LogP contribution in [0, 0.1) is 17.7 Å². The van der Waals surface area contributed by atoms with E-state index in [0.717, 1.165) is 16.6 Å². The second kappa shape index (κ2) is 9.79. The summed E-state index contributed by atoms with van der Waals surface area (Å²) in [5.74, 6) is 0.290. The van der Waals surface area contributed by atoms with Crippen LogP contribution in [0.3, 0.4) is 0 Å². The molecule has 0 aliphatic carbocycles. The van der Waals surface area contributed by atoms with Gasteiger partial charge in [0.1, 0.15) is 46.5 Å². The number of pyridine rings is 2. The van der Waals surface area contributed by atoms with Crippen LogP contribution in [-0.2, 0) is 0 Å². The van der Waals surface area contributed by atoms with Gasteiger partial charge in [-0.2, -0.15) is 0 Å². The molecule has 5 heterocycles. The van der Waals surface area contributed by atoms with E-state index < -0.39 is 5.97 Å². The number of aryl methyl sites for hydroxylation is 1. The van der Waals surface area contributed by atoms with Gasteiger partial charge in [-0.25, -0.2) is 24.7 Å². The van der Waals surface area contributed by atoms with Crippen molar-refractivity contribution in [2.24, 2.45) is 0 Å². The molecular weight excluding hydrogens is 502 g/mol. The van der Waals surface area contributed by atoms with Gasteiger partial charge < -0.3 is 14.6 Å². The molecule has 11 nitrogen and oxygen atoms in total. The van der Waals surface area contributed by atoms with Crippen LogP contribution in [-0.4, -0.2) is 59.3 Å². The van der Waals surface area contributed by atoms with Gasteiger partial charge in [0.15, 0.2) is 17.3 Å². The monoisotopic (exact) mass is 519 g/mol. The summed E-state index contributed by atoms with van der Waals surface area (Å²) >= 11 is 2.37. The van der Waals surface area contributed by atoms with E-state index in [4.69, 9.17) is 20.3 Å². The van der Waals surface area contributed by atoms with E-state index in [-0.39, 0.29) is 32.9 Å². The van der Waals surface area contributed by atoms with E-state index in [9.17, 15) is 9.90 Å². The van der Waals surface area contributed by atoms with Gasteiger partial charge in [-0.1, -0.05) is 0 Å². The summed E-state index contributed by atoms with van der Waals surface area (Å²) in [7, 11) is 0. The molecule has 4 aromatic heterocycles. The molecule has 5 rings (SSSR count). The van der Waals surface area contributed by atoms with E-state index in [1.807, 2.05) is 6.92 Å². The quantitative estimate of drug-likeness (QED) is 0.259. The van der Waals surface area contributed by atoms with Crippen molar-refractivity contribution >= 4 is 39.2 Å². The number of hydrogen-bond donors (Lipinski definition) is 3. The van der Waals surface area contributed by atoms with Gasteiger partial charge in [0.2, 0.25) is 0 Å². The first-order chi connectivity index (χ1) is 17.4. The molecule has 36 heavy (non-hydrogen) atoms. The van der Waals surface area contributed by atoms with E-state index in [2.05, 4.69) is 24.9 Å². The van der Waals surface area contributed by atoms with Crippen molar-refractivity contribution in [3.8, 4) is 34.4 Å². The van der Waals surface area contributed by atoms with E-state index in [1.54, 1.807) is 12.1 Å². The summed E-state index contributed by atoms with van der Waals surface area (Å²) in [6, 6.07) is 6.05. The maximum atomic E-state index is 11.7. The summed E-state index contributed by atoms with van der Waals surface area (Å²) in [4.78, 5) is 33.9. The molecule has 0 amide bonds. The smallest absolute Gasteiger partial charge is 0.335 e. The Bertz CT molecular complexity index is 1510. The van der Waals surface area contributed by atoms with Crippen molar-refractivity contribution in [2.45, 2.75) is 6.92 Å². The minimum Gasteiger partial charge on any atom is -0.485 e. The second-order valence-electron chi connectivity index (χ2n) is 7.43. The molecular formula is C23H17N7O4S2. The van der Waals surface area contributed by atoms with Gasteiger partial charge >= 0.3 is 5.97 Å². The molecule has 0 unspecified atom stereocenters. The molecule has 1 aliphatic heterocycles. The van der Waals surface area contributed by atoms with Gasteiger partial charge in [-0.05, 0) is 43.0 Å². The van der Waals surface area contributed by atoms with Crippen LogP contribution in [0.25, 0.3) is 22.9 Å². The standard InChI is InChI=1S/C23H17N7O4S2/c1-11-17-18(34-5-4-33-17)19(35-11)21(25)36-20(24)12-2-3-27-14(6-12)15-7-13(23(31)32)8-16(30-15)22-28-9-26-10-29-22/h2-3,6-10,24-25H,4-5H2,1H3,(H,31,32). The molecule has 0 saturated heterocycles. The number of thiophene rings is 1. The minimum atomic E-state index is -1.14. The number of hydrogen-bond acceptors (Lipinski definition) is 12. The zero-order chi connectivity index (χ0) is 25.2. The van der Waals surface area contributed by atoms with E-state index in [1.165, 1.54) is 42.3 Å². The van der Waals surface area contributed by atoms with Gasteiger partial charge in [-0.15, -0.1) is 11.3 Å². The Hall–Kier alpha value is -4.23. The molecule has 0 saturated carbocycles. The number of carboxylic acids is 1. The predicted molar refractivity (Wildman–Crippen MR) is 135 cm³/mol. The lowest BCUT2D eigenvalue weighted by Gasteiger charge is -2.16. The average molecular weight is 520 g/mol. The van der Waals surface area contributed by atoms with Crippen LogP contribution < -0.4 is 9.47 Å². The molecule has 0 fully saturated rings. The molecule has 0 spiro atoms. The highest BCUT2D eigenvalue weighted by atomic mass is 32.2. The Balaban J connectivity index is 1.44. The molecule has 0 radical (unpaired) electrons. The number of carboxylic acid groups (broad SMARTS) is 1. The van der Waals surface area contributed by atoms with Crippen molar-refractivity contribution in [2.75, 3.05) is 13.2 Å². The Morgan fingerprint density at radius 2 is 1.67 bits per heavy atom. The number of ether oxygens (including phenoxy) is 2. The number of fused-ring (bicyclic) bond motifs is 1. The Labute approximate surface area is 212 Å². The first kappa shape index (κ1) is 23.5. The molecule has 0 bridgehead atoms. The lowest BCUT2D eigenvalue weighted by molar-refractivity contribution is 0.0697.